The van der Waals surface area contributed by atoms with Gasteiger partial charge in [-0.2, -0.15) is 0 Å². The van der Waals surface area contributed by atoms with Gasteiger partial charge in [-0.1, -0.05) is 6.92 Å². The van der Waals surface area contributed by atoms with Crippen molar-refractivity contribution in [1.82, 2.24) is 9.97 Å². The average Bonchev–Trinajstić information content (AvgIpc) is 2.46. The first-order chi connectivity index (χ1) is 10.1. The lowest BCUT2D eigenvalue weighted by molar-refractivity contribution is -0.137. The maximum atomic E-state index is 10.6. The van der Waals surface area contributed by atoms with E-state index in [1.54, 1.807) is 12.4 Å². The minimum Gasteiger partial charge on any atom is -0.481 e. The Hall–Kier alpha value is -2.23. The molecule has 0 saturated carbocycles. The van der Waals surface area contributed by atoms with Gasteiger partial charge in [0, 0.05) is 18.8 Å². The Balaban J connectivity index is 2.32. The fourth-order valence-corrected chi connectivity index (χ4v) is 2.48. The van der Waals surface area contributed by atoms with E-state index in [2.05, 4.69) is 16.9 Å². The molecule has 2 heterocycles. The van der Waals surface area contributed by atoms with Crippen LogP contribution in [0.25, 0.3) is 11.4 Å². The molecule has 0 spiro atoms. The Morgan fingerprint density at radius 1 is 1.24 bits per heavy atom. The van der Waals surface area contributed by atoms with Crippen LogP contribution in [0, 0.1) is 6.92 Å². The van der Waals surface area contributed by atoms with Gasteiger partial charge in [-0.3, -0.25) is 14.8 Å². The van der Waals surface area contributed by atoms with Gasteiger partial charge in [-0.25, -0.2) is 0 Å². The molecule has 2 aromatic rings. The fourth-order valence-electron chi connectivity index (χ4n) is 2.48. The topological polar surface area (TPSA) is 63.1 Å². The normalized spacial score (nSPS) is 10.6. The molecule has 0 aliphatic carbocycles. The first-order valence-corrected chi connectivity index (χ1v) is 7.23. The second kappa shape index (κ2) is 6.97. The molecular weight excluding hydrogens is 264 g/mol. The van der Waals surface area contributed by atoms with Crippen molar-refractivity contribution >= 4 is 5.97 Å². The van der Waals surface area contributed by atoms with Crippen LogP contribution >= 0.6 is 0 Å². The highest BCUT2D eigenvalue weighted by Gasteiger charge is 2.11. The van der Waals surface area contributed by atoms with Gasteiger partial charge in [0.1, 0.15) is 0 Å². The molecule has 0 bridgehead atoms. The summed E-state index contributed by atoms with van der Waals surface area (Å²) in [5, 5.41) is 8.76. The number of nitrogens with zero attached hydrogens (tertiary/aromatic N) is 2. The fraction of sp³-hybridized carbons (Fsp3) is 0.353. The molecule has 0 amide bonds. The number of carbonyl (C=O) groups is 1. The molecule has 0 saturated heterocycles. The summed E-state index contributed by atoms with van der Waals surface area (Å²) in [5.41, 5.74) is 5.29. The third kappa shape index (κ3) is 3.88. The third-order valence-electron chi connectivity index (χ3n) is 3.50. The molecule has 0 unspecified atom stereocenters. The van der Waals surface area contributed by atoms with Crippen LogP contribution in [0.2, 0.25) is 0 Å². The third-order valence-corrected chi connectivity index (χ3v) is 3.50. The lowest BCUT2D eigenvalue weighted by Crippen LogP contribution is -2.02. The summed E-state index contributed by atoms with van der Waals surface area (Å²) >= 11 is 0. The zero-order chi connectivity index (χ0) is 15.2. The van der Waals surface area contributed by atoms with Crippen molar-refractivity contribution in [2.75, 3.05) is 0 Å². The Kier molecular flexibility index (Phi) is 5.04. The summed E-state index contributed by atoms with van der Waals surface area (Å²) in [4.78, 5) is 19.5. The Bertz CT molecular complexity index is 638. The molecule has 110 valence electrons. The van der Waals surface area contributed by atoms with Crippen molar-refractivity contribution in [3.05, 3.63) is 47.3 Å². The number of carboxylic acids is 1. The summed E-state index contributed by atoms with van der Waals surface area (Å²) in [7, 11) is 0. The molecule has 4 heteroatoms. The van der Waals surface area contributed by atoms with E-state index in [1.807, 2.05) is 25.1 Å². The SMILES string of the molecule is CCc1c(CCCC(=O)O)ccnc1-c1cc(C)ccn1. The number of rotatable bonds is 6. The number of aliphatic carboxylic acids is 1. The monoisotopic (exact) mass is 284 g/mol. The molecule has 0 aliphatic heterocycles. The summed E-state index contributed by atoms with van der Waals surface area (Å²) in [5.74, 6) is -0.748. The van der Waals surface area contributed by atoms with Crippen LogP contribution in [0.1, 0.15) is 36.5 Å². The van der Waals surface area contributed by atoms with Crippen molar-refractivity contribution in [1.29, 1.82) is 0 Å². The molecule has 0 atom stereocenters. The average molecular weight is 284 g/mol. The highest BCUT2D eigenvalue weighted by molar-refractivity contribution is 5.66. The van der Waals surface area contributed by atoms with Crippen LogP contribution in [0.3, 0.4) is 0 Å². The molecule has 0 radical (unpaired) electrons. The standard InChI is InChI=1S/C17H20N2O2/c1-3-14-13(5-4-6-16(20)21)8-10-19-17(14)15-11-12(2)7-9-18-15/h7-11H,3-6H2,1-2H3,(H,20,21). The van der Waals surface area contributed by atoms with Crippen molar-refractivity contribution in [3.63, 3.8) is 0 Å². The van der Waals surface area contributed by atoms with E-state index in [0.717, 1.165) is 29.8 Å². The van der Waals surface area contributed by atoms with Gasteiger partial charge in [-0.15, -0.1) is 0 Å². The predicted molar refractivity (Wildman–Crippen MR) is 82.2 cm³/mol. The summed E-state index contributed by atoms with van der Waals surface area (Å²) < 4.78 is 0. The van der Waals surface area contributed by atoms with Crippen molar-refractivity contribution in [2.24, 2.45) is 0 Å². The summed E-state index contributed by atoms with van der Waals surface area (Å²) in [6.07, 6.45) is 6.05. The van der Waals surface area contributed by atoms with E-state index in [4.69, 9.17) is 5.11 Å². The van der Waals surface area contributed by atoms with Crippen LogP contribution in [0.5, 0.6) is 0 Å². The number of pyridine rings is 2. The lowest BCUT2D eigenvalue weighted by Gasteiger charge is -2.12. The number of carboxylic acid groups (broad SMARTS) is 1. The van der Waals surface area contributed by atoms with E-state index in [1.165, 1.54) is 11.1 Å². The van der Waals surface area contributed by atoms with E-state index in [0.29, 0.717) is 6.42 Å². The summed E-state index contributed by atoms with van der Waals surface area (Å²) in [6.45, 7) is 4.13. The quantitative estimate of drug-likeness (QED) is 0.882. The Morgan fingerprint density at radius 2 is 2.00 bits per heavy atom. The number of aromatic nitrogens is 2. The molecule has 4 nitrogen and oxygen atoms in total. The van der Waals surface area contributed by atoms with E-state index in [9.17, 15) is 4.79 Å². The molecule has 0 aliphatic rings. The van der Waals surface area contributed by atoms with Gasteiger partial charge in [0.05, 0.1) is 11.4 Å². The Morgan fingerprint density at radius 3 is 2.67 bits per heavy atom. The van der Waals surface area contributed by atoms with Gasteiger partial charge in [0.2, 0.25) is 0 Å². The van der Waals surface area contributed by atoms with Gasteiger partial charge in [0.25, 0.3) is 0 Å². The first-order valence-electron chi connectivity index (χ1n) is 7.23. The second-order valence-corrected chi connectivity index (χ2v) is 5.12. The molecule has 1 N–H and O–H groups in total. The molecular formula is C17H20N2O2. The van der Waals surface area contributed by atoms with Crippen molar-refractivity contribution < 1.29 is 9.90 Å². The molecule has 2 rings (SSSR count). The molecule has 21 heavy (non-hydrogen) atoms. The Labute approximate surface area is 124 Å². The van der Waals surface area contributed by atoms with E-state index < -0.39 is 5.97 Å². The zero-order valence-corrected chi connectivity index (χ0v) is 12.5. The van der Waals surface area contributed by atoms with Gasteiger partial charge in [-0.05, 0) is 61.1 Å². The second-order valence-electron chi connectivity index (χ2n) is 5.12. The molecule has 2 aromatic heterocycles. The van der Waals surface area contributed by atoms with Crippen molar-refractivity contribution in [2.45, 2.75) is 39.5 Å². The van der Waals surface area contributed by atoms with Crippen molar-refractivity contribution in [3.8, 4) is 11.4 Å². The van der Waals surface area contributed by atoms with Gasteiger partial charge in [0.15, 0.2) is 0 Å². The predicted octanol–water partition coefficient (Wildman–Crippen LogP) is 3.42. The van der Waals surface area contributed by atoms with Crippen LogP contribution in [-0.4, -0.2) is 21.0 Å². The van der Waals surface area contributed by atoms with E-state index >= 15 is 0 Å². The van der Waals surface area contributed by atoms with Crippen LogP contribution in [0.4, 0.5) is 0 Å². The van der Waals surface area contributed by atoms with Gasteiger partial charge < -0.3 is 5.11 Å². The highest BCUT2D eigenvalue weighted by Crippen LogP contribution is 2.24. The largest absolute Gasteiger partial charge is 0.481 e. The number of hydrogen-bond acceptors (Lipinski definition) is 3. The molecule has 0 fully saturated rings. The number of aryl methyl sites for hydroxylation is 2. The van der Waals surface area contributed by atoms with E-state index in [-0.39, 0.29) is 6.42 Å². The smallest absolute Gasteiger partial charge is 0.303 e. The highest BCUT2D eigenvalue weighted by atomic mass is 16.4. The minimum absolute atomic E-state index is 0.198. The maximum absolute atomic E-state index is 10.6. The van der Waals surface area contributed by atoms with Crippen LogP contribution < -0.4 is 0 Å². The minimum atomic E-state index is -0.748. The summed E-state index contributed by atoms with van der Waals surface area (Å²) in [6, 6.07) is 5.98. The van der Waals surface area contributed by atoms with Gasteiger partial charge >= 0.3 is 5.97 Å². The maximum Gasteiger partial charge on any atom is 0.303 e. The first kappa shape index (κ1) is 15.2. The van der Waals surface area contributed by atoms with Crippen LogP contribution in [0.15, 0.2) is 30.6 Å². The number of hydrogen-bond donors (Lipinski definition) is 1. The molecule has 0 aromatic carbocycles. The van der Waals surface area contributed by atoms with Crippen LogP contribution in [-0.2, 0) is 17.6 Å². The zero-order valence-electron chi connectivity index (χ0n) is 12.5. The lowest BCUT2D eigenvalue weighted by atomic mass is 9.97.